The summed E-state index contributed by atoms with van der Waals surface area (Å²) in [5.74, 6) is -0.601. The highest BCUT2D eigenvalue weighted by atomic mass is 16.6. The smallest absolute Gasteiger partial charge is 0.410 e. The van der Waals surface area contributed by atoms with E-state index >= 15 is 0 Å². The van der Waals surface area contributed by atoms with Crippen LogP contribution >= 0.6 is 0 Å². The van der Waals surface area contributed by atoms with Gasteiger partial charge in [0, 0.05) is 17.5 Å². The molecule has 3 rings (SSSR count). The lowest BCUT2D eigenvalue weighted by atomic mass is 10.1. The Morgan fingerprint density at radius 3 is 2.75 bits per heavy atom. The Kier molecular flexibility index (Phi) is 5.51. The Hall–Kier alpha value is -2.74. The summed E-state index contributed by atoms with van der Waals surface area (Å²) in [7, 11) is 0. The van der Waals surface area contributed by atoms with Gasteiger partial charge in [-0.3, -0.25) is 0 Å². The van der Waals surface area contributed by atoms with Gasteiger partial charge >= 0.3 is 12.1 Å². The molecule has 0 radical (unpaired) electrons. The van der Waals surface area contributed by atoms with Crippen LogP contribution in [0.4, 0.5) is 4.79 Å². The maximum Gasteiger partial charge on any atom is 0.410 e. The van der Waals surface area contributed by atoms with E-state index in [0.717, 1.165) is 0 Å². The number of furan rings is 1. The molecule has 8 nitrogen and oxygen atoms in total. The van der Waals surface area contributed by atoms with Gasteiger partial charge in [0.05, 0.1) is 13.2 Å². The van der Waals surface area contributed by atoms with E-state index in [1.54, 1.807) is 30.0 Å². The Morgan fingerprint density at radius 2 is 2.07 bits per heavy atom. The number of benzene rings is 1. The maximum atomic E-state index is 12.2. The number of carbonyl (C=O) groups is 2. The predicted molar refractivity (Wildman–Crippen MR) is 101 cm³/mol. The van der Waals surface area contributed by atoms with Gasteiger partial charge in [0.25, 0.3) is 0 Å². The number of hydrogen-bond donors (Lipinski definition) is 1. The van der Waals surface area contributed by atoms with Gasteiger partial charge in [-0.2, -0.15) is 0 Å². The molecule has 1 N–H and O–H groups in total. The van der Waals surface area contributed by atoms with Gasteiger partial charge in [-0.15, -0.1) is 0 Å². The highest BCUT2D eigenvalue weighted by Crippen LogP contribution is 2.29. The molecule has 8 heteroatoms. The Labute approximate surface area is 162 Å². The molecule has 1 amide bonds. The van der Waals surface area contributed by atoms with Crippen LogP contribution in [-0.2, 0) is 9.47 Å². The minimum atomic E-state index is -1.10. The molecule has 28 heavy (non-hydrogen) atoms. The van der Waals surface area contributed by atoms with E-state index in [0.29, 0.717) is 42.0 Å². The van der Waals surface area contributed by atoms with Crippen LogP contribution in [0.5, 0.6) is 5.75 Å². The zero-order valence-corrected chi connectivity index (χ0v) is 16.5. The van der Waals surface area contributed by atoms with Crippen LogP contribution in [0.3, 0.4) is 0 Å². The second-order valence-corrected chi connectivity index (χ2v) is 7.75. The molecule has 2 heterocycles. The van der Waals surface area contributed by atoms with Crippen LogP contribution in [0, 0.1) is 6.92 Å². The van der Waals surface area contributed by atoms with Crippen molar-refractivity contribution in [1.29, 1.82) is 0 Å². The first-order valence-electron chi connectivity index (χ1n) is 9.13. The van der Waals surface area contributed by atoms with E-state index in [1.165, 1.54) is 0 Å². The van der Waals surface area contributed by atoms with Crippen LogP contribution in [0.1, 0.15) is 36.9 Å². The molecule has 0 aliphatic carbocycles. The van der Waals surface area contributed by atoms with E-state index in [-0.39, 0.29) is 24.6 Å². The van der Waals surface area contributed by atoms with Crippen molar-refractivity contribution < 1.29 is 33.3 Å². The normalized spacial score (nSPS) is 17.6. The zero-order chi connectivity index (χ0) is 20.5. The highest BCUT2D eigenvalue weighted by molar-refractivity contribution is 5.95. The van der Waals surface area contributed by atoms with Gasteiger partial charge in [-0.25, -0.2) is 9.59 Å². The van der Waals surface area contributed by atoms with Crippen molar-refractivity contribution in [3.8, 4) is 5.75 Å². The van der Waals surface area contributed by atoms with E-state index in [2.05, 4.69) is 0 Å². The Morgan fingerprint density at radius 1 is 1.32 bits per heavy atom. The lowest BCUT2D eigenvalue weighted by Crippen LogP contribution is -2.49. The van der Waals surface area contributed by atoms with Crippen molar-refractivity contribution in [2.24, 2.45) is 0 Å². The van der Waals surface area contributed by atoms with E-state index in [1.807, 2.05) is 20.8 Å². The highest BCUT2D eigenvalue weighted by Gasteiger charge is 2.28. The van der Waals surface area contributed by atoms with Gasteiger partial charge in [0.15, 0.2) is 0 Å². The summed E-state index contributed by atoms with van der Waals surface area (Å²) in [4.78, 5) is 25.0. The first-order chi connectivity index (χ1) is 13.1. The number of hydrogen-bond acceptors (Lipinski definition) is 6. The zero-order valence-electron chi connectivity index (χ0n) is 16.5. The molecular weight excluding hydrogens is 366 g/mol. The molecule has 152 valence electrons. The fraction of sp³-hybridized carbons (Fsp3) is 0.500. The molecule has 0 spiro atoms. The topological polar surface area (TPSA) is 98.4 Å². The first kappa shape index (κ1) is 20.0. The SMILES string of the molecule is Cc1c(C(=O)O)oc2ccc(OCC3CN(C(=O)OC(C)(C)C)CCO3)cc12. The number of rotatable bonds is 4. The number of aromatic carboxylic acids is 1. The van der Waals surface area contributed by atoms with Crippen molar-refractivity contribution in [1.82, 2.24) is 4.90 Å². The third-order valence-corrected chi connectivity index (χ3v) is 4.33. The molecule has 1 fully saturated rings. The average Bonchev–Trinajstić information content (AvgIpc) is 2.95. The van der Waals surface area contributed by atoms with Crippen LogP contribution in [-0.4, -0.2) is 60.1 Å². The second kappa shape index (κ2) is 7.71. The monoisotopic (exact) mass is 391 g/mol. The number of nitrogens with zero attached hydrogens (tertiary/aromatic N) is 1. The fourth-order valence-electron chi connectivity index (χ4n) is 3.00. The molecule has 1 aromatic heterocycles. The summed E-state index contributed by atoms with van der Waals surface area (Å²) in [5, 5.41) is 9.86. The maximum absolute atomic E-state index is 12.2. The van der Waals surface area contributed by atoms with Gasteiger partial charge in [-0.05, 0) is 45.9 Å². The first-order valence-corrected chi connectivity index (χ1v) is 9.13. The number of carboxylic acid groups (broad SMARTS) is 1. The van der Waals surface area contributed by atoms with Gasteiger partial charge in [0.2, 0.25) is 5.76 Å². The predicted octanol–water partition coefficient (Wildman–Crippen LogP) is 3.45. The van der Waals surface area contributed by atoms with Gasteiger partial charge in [-0.1, -0.05) is 0 Å². The average molecular weight is 391 g/mol. The number of carbonyl (C=O) groups excluding carboxylic acids is 1. The number of ether oxygens (including phenoxy) is 3. The largest absolute Gasteiger partial charge is 0.491 e. The molecule has 1 aromatic carbocycles. The number of amides is 1. The van der Waals surface area contributed by atoms with Crippen molar-refractivity contribution in [2.45, 2.75) is 39.4 Å². The minimum Gasteiger partial charge on any atom is -0.491 e. The standard InChI is InChI=1S/C20H25NO7/c1-12-15-9-13(5-6-16(15)27-17(12)18(22)23)26-11-14-10-21(7-8-25-14)19(24)28-20(2,3)4/h5-6,9,14H,7-8,10-11H2,1-4H3,(H,22,23). The number of carboxylic acids is 1. The molecule has 0 saturated carbocycles. The summed E-state index contributed by atoms with van der Waals surface area (Å²) in [6.45, 7) is 8.71. The molecule has 0 bridgehead atoms. The molecule has 1 saturated heterocycles. The summed E-state index contributed by atoms with van der Waals surface area (Å²) in [6, 6.07) is 5.14. The number of aryl methyl sites for hydroxylation is 1. The molecule has 1 aliphatic rings. The quantitative estimate of drug-likeness (QED) is 0.852. The number of fused-ring (bicyclic) bond motifs is 1. The minimum absolute atomic E-state index is 0.0734. The van der Waals surface area contributed by atoms with Gasteiger partial charge in [0.1, 0.15) is 29.6 Å². The molecule has 1 atom stereocenters. The van der Waals surface area contributed by atoms with Crippen molar-refractivity contribution in [2.75, 3.05) is 26.3 Å². The van der Waals surface area contributed by atoms with Crippen molar-refractivity contribution in [3.05, 3.63) is 29.5 Å². The van der Waals surface area contributed by atoms with Crippen LogP contribution in [0.2, 0.25) is 0 Å². The van der Waals surface area contributed by atoms with Gasteiger partial charge < -0.3 is 28.6 Å². The lowest BCUT2D eigenvalue weighted by Gasteiger charge is -2.34. The van der Waals surface area contributed by atoms with E-state index in [4.69, 9.17) is 23.7 Å². The molecule has 2 aromatic rings. The molecule has 1 unspecified atom stereocenters. The molecular formula is C20H25NO7. The summed E-state index contributed by atoms with van der Waals surface area (Å²) in [6.07, 6.45) is -0.644. The summed E-state index contributed by atoms with van der Waals surface area (Å²) < 4.78 is 22.3. The second-order valence-electron chi connectivity index (χ2n) is 7.75. The molecule has 1 aliphatic heterocycles. The fourth-order valence-corrected chi connectivity index (χ4v) is 3.00. The van der Waals surface area contributed by atoms with Crippen molar-refractivity contribution in [3.63, 3.8) is 0 Å². The van der Waals surface area contributed by atoms with Crippen LogP contribution in [0.15, 0.2) is 22.6 Å². The summed E-state index contributed by atoms with van der Waals surface area (Å²) >= 11 is 0. The Bertz CT molecular complexity index is 881. The lowest BCUT2D eigenvalue weighted by molar-refractivity contribution is -0.0557. The number of morpholine rings is 1. The third-order valence-electron chi connectivity index (χ3n) is 4.33. The van der Waals surface area contributed by atoms with E-state index in [9.17, 15) is 9.59 Å². The van der Waals surface area contributed by atoms with Crippen LogP contribution < -0.4 is 4.74 Å². The Balaban J connectivity index is 1.62. The van der Waals surface area contributed by atoms with E-state index < -0.39 is 11.6 Å². The summed E-state index contributed by atoms with van der Waals surface area (Å²) in [5.41, 5.74) is 0.499. The van der Waals surface area contributed by atoms with Crippen molar-refractivity contribution >= 4 is 23.0 Å². The van der Waals surface area contributed by atoms with Crippen LogP contribution in [0.25, 0.3) is 11.0 Å². The third kappa shape index (κ3) is 4.56.